The summed E-state index contributed by atoms with van der Waals surface area (Å²) in [7, 11) is 0. The van der Waals surface area contributed by atoms with Gasteiger partial charge in [0.15, 0.2) is 11.0 Å². The molecule has 3 nitrogen and oxygen atoms in total. The van der Waals surface area contributed by atoms with Crippen molar-refractivity contribution in [3.05, 3.63) is 45.6 Å². The van der Waals surface area contributed by atoms with Gasteiger partial charge in [-0.15, -0.1) is 0 Å². The average molecular weight is 238 g/mol. The van der Waals surface area contributed by atoms with Crippen LogP contribution in [-0.4, -0.2) is 10.8 Å². The normalized spacial score (nSPS) is 10.8. The topological polar surface area (TPSA) is 46.0 Å². The SMILES string of the molecule is Cc1[nH]c(C(=O)c2ccc(Cl)o2)c(C)c1C. The van der Waals surface area contributed by atoms with Gasteiger partial charge in [-0.1, -0.05) is 0 Å². The van der Waals surface area contributed by atoms with Gasteiger partial charge in [0, 0.05) is 5.69 Å². The lowest BCUT2D eigenvalue weighted by atomic mass is 10.1. The standard InChI is InChI=1S/C12H12ClNO2/c1-6-7(2)11(14-8(6)3)12(15)9-4-5-10(13)16-9/h4-5,14H,1-3H3. The zero-order valence-corrected chi connectivity index (χ0v) is 10.1. The van der Waals surface area contributed by atoms with E-state index in [-0.39, 0.29) is 16.8 Å². The molecule has 0 saturated carbocycles. The number of carbonyl (C=O) groups is 1. The molecular formula is C12H12ClNO2. The number of hydrogen-bond acceptors (Lipinski definition) is 2. The summed E-state index contributed by atoms with van der Waals surface area (Å²) in [6.45, 7) is 5.83. The number of furan rings is 1. The molecule has 2 aromatic heterocycles. The zero-order valence-electron chi connectivity index (χ0n) is 9.35. The Kier molecular flexibility index (Phi) is 2.64. The Morgan fingerprint density at radius 2 is 1.94 bits per heavy atom. The van der Waals surface area contributed by atoms with Gasteiger partial charge in [-0.25, -0.2) is 0 Å². The largest absolute Gasteiger partial charge is 0.441 e. The van der Waals surface area contributed by atoms with Crippen LogP contribution in [0.4, 0.5) is 0 Å². The molecule has 0 fully saturated rings. The number of aryl methyl sites for hydroxylation is 1. The number of H-pyrrole nitrogens is 1. The Labute approximate surface area is 98.4 Å². The van der Waals surface area contributed by atoms with Crippen LogP contribution in [0, 0.1) is 20.8 Å². The molecule has 0 aliphatic heterocycles. The van der Waals surface area contributed by atoms with Gasteiger partial charge in [0.1, 0.15) is 0 Å². The van der Waals surface area contributed by atoms with Crippen LogP contribution in [0.1, 0.15) is 33.1 Å². The van der Waals surface area contributed by atoms with E-state index in [9.17, 15) is 4.79 Å². The first-order chi connectivity index (χ1) is 7.50. The number of rotatable bonds is 2. The average Bonchev–Trinajstić information content (AvgIpc) is 2.78. The highest BCUT2D eigenvalue weighted by molar-refractivity contribution is 6.29. The molecular weight excluding hydrogens is 226 g/mol. The fraction of sp³-hybridized carbons (Fsp3) is 0.250. The maximum Gasteiger partial charge on any atom is 0.244 e. The van der Waals surface area contributed by atoms with Crippen molar-refractivity contribution < 1.29 is 9.21 Å². The van der Waals surface area contributed by atoms with E-state index in [1.54, 1.807) is 12.1 Å². The lowest BCUT2D eigenvalue weighted by molar-refractivity contribution is 0.100. The molecule has 0 atom stereocenters. The van der Waals surface area contributed by atoms with Gasteiger partial charge in [0.05, 0.1) is 5.69 Å². The van der Waals surface area contributed by atoms with Crippen LogP contribution in [0.3, 0.4) is 0 Å². The molecule has 2 heterocycles. The number of aromatic nitrogens is 1. The Balaban J connectivity index is 2.45. The molecule has 0 unspecified atom stereocenters. The molecule has 0 saturated heterocycles. The van der Waals surface area contributed by atoms with Crippen LogP contribution in [0.25, 0.3) is 0 Å². The maximum absolute atomic E-state index is 12.1. The van der Waals surface area contributed by atoms with Crippen molar-refractivity contribution in [1.82, 2.24) is 4.98 Å². The highest BCUT2D eigenvalue weighted by Gasteiger charge is 2.19. The number of hydrogen-bond donors (Lipinski definition) is 1. The molecule has 0 radical (unpaired) electrons. The molecule has 0 spiro atoms. The Hall–Kier alpha value is -1.48. The zero-order chi connectivity index (χ0) is 11.9. The molecule has 4 heteroatoms. The lowest BCUT2D eigenvalue weighted by Gasteiger charge is -1.96. The Morgan fingerprint density at radius 1 is 1.25 bits per heavy atom. The molecule has 1 N–H and O–H groups in total. The second-order valence-corrected chi connectivity index (χ2v) is 4.18. The molecule has 2 aromatic rings. The first kappa shape index (κ1) is 11.0. The van der Waals surface area contributed by atoms with Crippen molar-refractivity contribution >= 4 is 17.4 Å². The molecule has 0 bridgehead atoms. The molecule has 0 aromatic carbocycles. The fourth-order valence-corrected chi connectivity index (χ4v) is 1.78. The van der Waals surface area contributed by atoms with E-state index in [0.29, 0.717) is 5.69 Å². The highest BCUT2D eigenvalue weighted by atomic mass is 35.5. The van der Waals surface area contributed by atoms with Crippen LogP contribution < -0.4 is 0 Å². The number of ketones is 1. The Bertz CT molecular complexity index is 551. The molecule has 84 valence electrons. The molecule has 0 aliphatic carbocycles. The van der Waals surface area contributed by atoms with Crippen molar-refractivity contribution in [3.8, 4) is 0 Å². The van der Waals surface area contributed by atoms with Crippen LogP contribution in [0.15, 0.2) is 16.5 Å². The van der Waals surface area contributed by atoms with Crippen LogP contribution in [-0.2, 0) is 0 Å². The van der Waals surface area contributed by atoms with Gasteiger partial charge in [0.2, 0.25) is 5.78 Å². The first-order valence-corrected chi connectivity index (χ1v) is 5.34. The minimum Gasteiger partial charge on any atom is -0.441 e. The second kappa shape index (κ2) is 3.83. The van der Waals surface area contributed by atoms with E-state index in [4.69, 9.17) is 16.0 Å². The second-order valence-electron chi connectivity index (χ2n) is 3.81. The van der Waals surface area contributed by atoms with E-state index in [1.807, 2.05) is 20.8 Å². The van der Waals surface area contributed by atoms with Crippen molar-refractivity contribution in [2.75, 3.05) is 0 Å². The minimum absolute atomic E-state index is 0.166. The number of aromatic amines is 1. The van der Waals surface area contributed by atoms with Crippen LogP contribution in [0.5, 0.6) is 0 Å². The van der Waals surface area contributed by atoms with Gasteiger partial charge in [0.25, 0.3) is 0 Å². The molecule has 16 heavy (non-hydrogen) atoms. The smallest absolute Gasteiger partial charge is 0.244 e. The summed E-state index contributed by atoms with van der Waals surface area (Å²) in [5.41, 5.74) is 3.62. The summed E-state index contributed by atoms with van der Waals surface area (Å²) in [5, 5.41) is 0.223. The molecule has 2 rings (SSSR count). The minimum atomic E-state index is -0.166. The van der Waals surface area contributed by atoms with Crippen molar-refractivity contribution in [2.45, 2.75) is 20.8 Å². The third-order valence-electron chi connectivity index (χ3n) is 2.84. The number of nitrogens with one attached hydrogen (secondary N) is 1. The summed E-state index contributed by atoms with van der Waals surface area (Å²) >= 11 is 5.64. The van der Waals surface area contributed by atoms with Crippen molar-refractivity contribution in [2.24, 2.45) is 0 Å². The predicted molar refractivity (Wildman–Crippen MR) is 62.2 cm³/mol. The van der Waals surface area contributed by atoms with E-state index < -0.39 is 0 Å². The van der Waals surface area contributed by atoms with E-state index in [2.05, 4.69) is 4.98 Å². The van der Waals surface area contributed by atoms with E-state index >= 15 is 0 Å². The summed E-state index contributed by atoms with van der Waals surface area (Å²) in [6.07, 6.45) is 0. The monoisotopic (exact) mass is 237 g/mol. The quantitative estimate of drug-likeness (QED) is 0.814. The summed E-state index contributed by atoms with van der Waals surface area (Å²) in [5.74, 6) is 0.0925. The Morgan fingerprint density at radius 3 is 2.38 bits per heavy atom. The highest BCUT2D eigenvalue weighted by Crippen LogP contribution is 2.21. The van der Waals surface area contributed by atoms with Gasteiger partial charge >= 0.3 is 0 Å². The van der Waals surface area contributed by atoms with Crippen LogP contribution in [0.2, 0.25) is 5.22 Å². The van der Waals surface area contributed by atoms with Gasteiger partial charge in [-0.05, 0) is 55.6 Å². The van der Waals surface area contributed by atoms with Crippen molar-refractivity contribution in [3.63, 3.8) is 0 Å². The third kappa shape index (κ3) is 1.67. The van der Waals surface area contributed by atoms with E-state index in [0.717, 1.165) is 16.8 Å². The van der Waals surface area contributed by atoms with Gasteiger partial charge < -0.3 is 9.40 Å². The summed E-state index contributed by atoms with van der Waals surface area (Å²) in [4.78, 5) is 15.1. The first-order valence-electron chi connectivity index (χ1n) is 4.96. The fourth-order valence-electron chi connectivity index (χ4n) is 1.63. The number of carbonyl (C=O) groups excluding carboxylic acids is 1. The third-order valence-corrected chi connectivity index (χ3v) is 3.04. The number of halogens is 1. The van der Waals surface area contributed by atoms with Gasteiger partial charge in [-0.3, -0.25) is 4.79 Å². The molecule has 0 aliphatic rings. The lowest BCUT2D eigenvalue weighted by Crippen LogP contribution is -2.02. The summed E-state index contributed by atoms with van der Waals surface area (Å²) < 4.78 is 5.10. The molecule has 0 amide bonds. The maximum atomic E-state index is 12.1. The van der Waals surface area contributed by atoms with Crippen molar-refractivity contribution in [1.29, 1.82) is 0 Å². The van der Waals surface area contributed by atoms with E-state index in [1.165, 1.54) is 0 Å². The predicted octanol–water partition coefficient (Wildman–Crippen LogP) is 3.42. The van der Waals surface area contributed by atoms with Gasteiger partial charge in [-0.2, -0.15) is 0 Å². The van der Waals surface area contributed by atoms with Crippen LogP contribution >= 0.6 is 11.6 Å². The summed E-state index contributed by atoms with van der Waals surface area (Å²) in [6, 6.07) is 3.14.